The van der Waals surface area contributed by atoms with Gasteiger partial charge in [0, 0.05) is 6.20 Å². The van der Waals surface area contributed by atoms with E-state index in [4.69, 9.17) is 0 Å². The van der Waals surface area contributed by atoms with E-state index in [1.54, 1.807) is 29.9 Å². The fraction of sp³-hybridized carbons (Fsp3) is 0.200. The van der Waals surface area contributed by atoms with Crippen molar-refractivity contribution in [1.29, 1.82) is 0 Å². The first kappa shape index (κ1) is 9.51. The number of hydrogen-bond acceptors (Lipinski definition) is 4. The minimum absolute atomic E-state index is 0.612. The Labute approximate surface area is 86.8 Å². The van der Waals surface area contributed by atoms with Crippen LogP contribution in [0.15, 0.2) is 18.3 Å². The molecule has 0 amide bonds. The number of aromatic nitrogens is 4. The van der Waals surface area contributed by atoms with Crippen molar-refractivity contribution >= 4 is 6.29 Å². The van der Waals surface area contributed by atoms with Crippen LogP contribution in [0.25, 0.3) is 5.82 Å². The van der Waals surface area contributed by atoms with Crippen LogP contribution < -0.4 is 0 Å². The zero-order valence-electron chi connectivity index (χ0n) is 8.51. The summed E-state index contributed by atoms with van der Waals surface area (Å²) in [6.45, 7) is 3.63. The quantitative estimate of drug-likeness (QED) is 0.684. The van der Waals surface area contributed by atoms with Gasteiger partial charge < -0.3 is 0 Å². The Morgan fingerprint density at radius 1 is 1.40 bits per heavy atom. The molecule has 0 spiro atoms. The maximum absolute atomic E-state index is 10.8. The van der Waals surface area contributed by atoms with Crippen LogP contribution in [0.5, 0.6) is 0 Å². The molecule has 76 valence electrons. The fourth-order valence-corrected chi connectivity index (χ4v) is 1.45. The van der Waals surface area contributed by atoms with E-state index in [1.165, 1.54) is 0 Å². The highest BCUT2D eigenvalue weighted by atomic mass is 16.1. The van der Waals surface area contributed by atoms with Crippen LogP contribution in [0, 0.1) is 13.8 Å². The molecule has 0 atom stereocenters. The second kappa shape index (κ2) is 3.61. The molecule has 0 saturated carbocycles. The molecule has 0 aliphatic rings. The van der Waals surface area contributed by atoms with E-state index >= 15 is 0 Å². The van der Waals surface area contributed by atoms with Gasteiger partial charge in [0.15, 0.2) is 12.1 Å². The van der Waals surface area contributed by atoms with Crippen LogP contribution in [0.3, 0.4) is 0 Å². The molecule has 2 rings (SSSR count). The molecule has 0 fully saturated rings. The Morgan fingerprint density at radius 3 is 2.73 bits per heavy atom. The number of aldehydes is 1. The van der Waals surface area contributed by atoms with E-state index in [1.807, 2.05) is 6.92 Å². The first-order chi connectivity index (χ1) is 7.24. The number of carbonyl (C=O) groups excluding carboxylic acids is 1. The van der Waals surface area contributed by atoms with Crippen LogP contribution in [0.1, 0.15) is 21.7 Å². The van der Waals surface area contributed by atoms with E-state index in [-0.39, 0.29) is 0 Å². The van der Waals surface area contributed by atoms with Gasteiger partial charge in [-0.15, -0.1) is 5.10 Å². The number of hydrogen-bond donors (Lipinski definition) is 0. The minimum atomic E-state index is 0.612. The summed E-state index contributed by atoms with van der Waals surface area (Å²) in [6.07, 6.45) is 2.40. The number of carbonyl (C=O) groups is 1. The predicted octanol–water partition coefficient (Wildman–Crippen LogP) is 1.09. The molecular weight excluding hydrogens is 192 g/mol. The van der Waals surface area contributed by atoms with Gasteiger partial charge in [0.25, 0.3) is 0 Å². The normalized spacial score (nSPS) is 10.3. The molecule has 15 heavy (non-hydrogen) atoms. The molecule has 2 aromatic rings. The average molecular weight is 202 g/mol. The van der Waals surface area contributed by atoms with Crippen molar-refractivity contribution in [3.63, 3.8) is 0 Å². The summed E-state index contributed by atoms with van der Waals surface area (Å²) in [6, 6.07) is 3.57. The lowest BCUT2D eigenvalue weighted by Gasteiger charge is -2.00. The van der Waals surface area contributed by atoms with Gasteiger partial charge in [-0.3, -0.25) is 4.79 Å². The molecule has 5 heteroatoms. The molecule has 2 aromatic heterocycles. The van der Waals surface area contributed by atoms with E-state index < -0.39 is 0 Å². The van der Waals surface area contributed by atoms with Crippen molar-refractivity contribution in [2.24, 2.45) is 0 Å². The number of rotatable bonds is 2. The Morgan fingerprint density at radius 2 is 2.20 bits per heavy atom. The topological polar surface area (TPSA) is 60.7 Å². The Kier molecular flexibility index (Phi) is 2.29. The highest BCUT2D eigenvalue weighted by Gasteiger charge is 2.12. The average Bonchev–Trinajstić information content (AvgIpc) is 2.55. The van der Waals surface area contributed by atoms with Crippen LogP contribution in [-0.2, 0) is 0 Å². The Bertz CT molecular complexity index is 490. The van der Waals surface area contributed by atoms with Crippen molar-refractivity contribution in [3.8, 4) is 5.82 Å². The lowest BCUT2D eigenvalue weighted by atomic mass is 10.2. The Balaban J connectivity index is 2.60. The van der Waals surface area contributed by atoms with Gasteiger partial charge in [0.2, 0.25) is 0 Å². The summed E-state index contributed by atoms with van der Waals surface area (Å²) >= 11 is 0. The number of nitrogens with zero attached hydrogens (tertiary/aromatic N) is 4. The second-order valence-corrected chi connectivity index (χ2v) is 3.20. The summed E-state index contributed by atoms with van der Waals surface area (Å²) in [5, 5.41) is 11.9. The molecule has 0 radical (unpaired) electrons. The third-order valence-electron chi connectivity index (χ3n) is 2.24. The van der Waals surface area contributed by atoms with Crippen LogP contribution >= 0.6 is 0 Å². The third kappa shape index (κ3) is 1.52. The Hall–Kier alpha value is -2.04. The molecule has 5 nitrogen and oxygen atoms in total. The van der Waals surface area contributed by atoms with Gasteiger partial charge in [0.1, 0.15) is 0 Å². The zero-order valence-corrected chi connectivity index (χ0v) is 8.51. The van der Waals surface area contributed by atoms with Crippen LogP contribution in [-0.4, -0.2) is 26.3 Å². The van der Waals surface area contributed by atoms with Crippen molar-refractivity contribution in [3.05, 3.63) is 35.3 Å². The molecule has 0 saturated heterocycles. The maximum Gasteiger partial charge on any atom is 0.175 e. The summed E-state index contributed by atoms with van der Waals surface area (Å²) in [7, 11) is 0. The highest BCUT2D eigenvalue weighted by Crippen LogP contribution is 2.13. The molecule has 0 N–H and O–H groups in total. The molecule has 0 aliphatic carbocycles. The molecule has 0 aliphatic heterocycles. The van der Waals surface area contributed by atoms with Gasteiger partial charge in [-0.1, -0.05) is 0 Å². The molecule has 0 unspecified atom stereocenters. The molecule has 0 aromatic carbocycles. The predicted molar refractivity (Wildman–Crippen MR) is 54.0 cm³/mol. The molecular formula is C10H10N4O. The smallest absolute Gasteiger partial charge is 0.175 e. The van der Waals surface area contributed by atoms with E-state index in [0.29, 0.717) is 17.1 Å². The summed E-state index contributed by atoms with van der Waals surface area (Å²) < 4.78 is 1.62. The van der Waals surface area contributed by atoms with Crippen molar-refractivity contribution in [1.82, 2.24) is 20.0 Å². The van der Waals surface area contributed by atoms with Crippen molar-refractivity contribution in [2.75, 3.05) is 0 Å². The lowest BCUT2D eigenvalue weighted by molar-refractivity contribution is 0.112. The van der Waals surface area contributed by atoms with Crippen LogP contribution in [0.4, 0.5) is 0 Å². The summed E-state index contributed by atoms with van der Waals surface area (Å²) in [4.78, 5) is 10.8. The van der Waals surface area contributed by atoms with Gasteiger partial charge in [-0.05, 0) is 26.0 Å². The van der Waals surface area contributed by atoms with Crippen molar-refractivity contribution in [2.45, 2.75) is 13.8 Å². The van der Waals surface area contributed by atoms with E-state index in [9.17, 15) is 4.79 Å². The summed E-state index contributed by atoms with van der Waals surface area (Å²) in [5.41, 5.74) is 2.09. The SMILES string of the molecule is Cc1nn(-c2cccnn2)c(C)c1C=O. The number of aryl methyl sites for hydroxylation is 1. The van der Waals surface area contributed by atoms with E-state index in [0.717, 1.165) is 12.0 Å². The second-order valence-electron chi connectivity index (χ2n) is 3.20. The fourth-order valence-electron chi connectivity index (χ4n) is 1.45. The monoisotopic (exact) mass is 202 g/mol. The lowest BCUT2D eigenvalue weighted by Crippen LogP contribution is -2.02. The molecule has 0 bridgehead atoms. The zero-order chi connectivity index (χ0) is 10.8. The maximum atomic E-state index is 10.8. The van der Waals surface area contributed by atoms with Gasteiger partial charge >= 0.3 is 0 Å². The third-order valence-corrected chi connectivity index (χ3v) is 2.24. The standard InChI is InChI=1S/C10H10N4O/c1-7-9(6-15)8(2)14(13-7)10-4-3-5-11-12-10/h3-6H,1-2H3. The van der Waals surface area contributed by atoms with E-state index in [2.05, 4.69) is 15.3 Å². The summed E-state index contributed by atoms with van der Waals surface area (Å²) in [5.74, 6) is 0.617. The highest BCUT2D eigenvalue weighted by molar-refractivity contribution is 5.78. The minimum Gasteiger partial charge on any atom is -0.298 e. The molecule has 2 heterocycles. The van der Waals surface area contributed by atoms with Gasteiger partial charge in [0.05, 0.1) is 17.0 Å². The first-order valence-electron chi connectivity index (χ1n) is 4.53. The van der Waals surface area contributed by atoms with Crippen LogP contribution in [0.2, 0.25) is 0 Å². The first-order valence-corrected chi connectivity index (χ1v) is 4.53. The van der Waals surface area contributed by atoms with Gasteiger partial charge in [-0.2, -0.15) is 10.2 Å². The van der Waals surface area contributed by atoms with Gasteiger partial charge in [-0.25, -0.2) is 4.68 Å². The largest absolute Gasteiger partial charge is 0.298 e. The van der Waals surface area contributed by atoms with Crippen molar-refractivity contribution < 1.29 is 4.79 Å².